The van der Waals surface area contributed by atoms with Crippen molar-refractivity contribution in [1.29, 1.82) is 0 Å². The van der Waals surface area contributed by atoms with Gasteiger partial charge in [-0.3, -0.25) is 4.79 Å². The quantitative estimate of drug-likeness (QED) is 0.714. The summed E-state index contributed by atoms with van der Waals surface area (Å²) in [4.78, 5) is 35.6. The van der Waals surface area contributed by atoms with Gasteiger partial charge in [-0.25, -0.2) is 9.59 Å². The largest absolute Gasteiger partial charge is 0.444 e. The highest BCUT2D eigenvalue weighted by molar-refractivity contribution is 5.77. The summed E-state index contributed by atoms with van der Waals surface area (Å²) >= 11 is 0. The van der Waals surface area contributed by atoms with Crippen LogP contribution in [-0.2, 0) is 14.3 Å². The molecule has 1 fully saturated rings. The van der Waals surface area contributed by atoms with Crippen molar-refractivity contribution in [3.8, 4) is 0 Å². The van der Waals surface area contributed by atoms with Crippen LogP contribution in [0.4, 0.5) is 9.59 Å². The van der Waals surface area contributed by atoms with Gasteiger partial charge in [-0.15, -0.1) is 0 Å². The Bertz CT molecular complexity index is 507. The third kappa shape index (κ3) is 8.09. The minimum atomic E-state index is -0.643. The van der Waals surface area contributed by atoms with Gasteiger partial charge in [0, 0.05) is 5.92 Å². The predicted molar refractivity (Wildman–Crippen MR) is 92.9 cm³/mol. The molecule has 0 unspecified atom stereocenters. The number of amides is 3. The number of carbonyl (C=O) groups is 3. The van der Waals surface area contributed by atoms with Crippen LogP contribution in [0.1, 0.15) is 60.8 Å². The second kappa shape index (κ2) is 7.93. The molecular formula is C17H31N3O5. The molecule has 1 rings (SSSR count). The van der Waals surface area contributed by atoms with Gasteiger partial charge in [-0.1, -0.05) is 0 Å². The van der Waals surface area contributed by atoms with Crippen molar-refractivity contribution in [2.45, 2.75) is 84.1 Å². The van der Waals surface area contributed by atoms with E-state index in [0.29, 0.717) is 19.3 Å². The first-order valence-corrected chi connectivity index (χ1v) is 8.55. The highest BCUT2D eigenvalue weighted by Gasteiger charge is 2.36. The van der Waals surface area contributed by atoms with E-state index in [-0.39, 0.29) is 12.0 Å². The van der Waals surface area contributed by atoms with Crippen LogP contribution in [0.25, 0.3) is 0 Å². The topological polar surface area (TPSA) is 120 Å². The van der Waals surface area contributed by atoms with E-state index in [4.69, 9.17) is 15.2 Å². The average Bonchev–Trinajstić information content (AvgIpc) is 2.35. The van der Waals surface area contributed by atoms with Gasteiger partial charge in [-0.2, -0.15) is 0 Å². The fourth-order valence-electron chi connectivity index (χ4n) is 2.68. The van der Waals surface area contributed by atoms with Crippen LogP contribution in [0.2, 0.25) is 0 Å². The molecule has 25 heavy (non-hydrogen) atoms. The fraction of sp³-hybridized carbons (Fsp3) is 0.824. The molecule has 0 saturated heterocycles. The number of hydrogen-bond acceptors (Lipinski definition) is 5. The van der Waals surface area contributed by atoms with Gasteiger partial charge in [0.15, 0.2) is 0 Å². The van der Waals surface area contributed by atoms with E-state index in [1.165, 1.54) is 0 Å². The van der Waals surface area contributed by atoms with Crippen LogP contribution in [0, 0.1) is 5.92 Å². The summed E-state index contributed by atoms with van der Waals surface area (Å²) in [5, 5.41) is 5.51. The lowest BCUT2D eigenvalue weighted by molar-refractivity contribution is -0.123. The van der Waals surface area contributed by atoms with Crippen molar-refractivity contribution in [2.75, 3.05) is 0 Å². The van der Waals surface area contributed by atoms with Gasteiger partial charge < -0.3 is 25.8 Å². The van der Waals surface area contributed by atoms with Gasteiger partial charge in [0.1, 0.15) is 11.2 Å². The van der Waals surface area contributed by atoms with E-state index >= 15 is 0 Å². The molecule has 0 aromatic rings. The van der Waals surface area contributed by atoms with Crippen LogP contribution in [0.3, 0.4) is 0 Å². The van der Waals surface area contributed by atoms with Gasteiger partial charge in [0.05, 0.1) is 12.1 Å². The van der Waals surface area contributed by atoms with Crippen molar-refractivity contribution in [1.82, 2.24) is 10.6 Å². The van der Waals surface area contributed by atoms with E-state index in [1.807, 2.05) is 0 Å². The molecule has 3 atom stereocenters. The Balaban J connectivity index is 2.77. The minimum Gasteiger partial charge on any atom is -0.444 e. The van der Waals surface area contributed by atoms with Crippen molar-refractivity contribution in [3.63, 3.8) is 0 Å². The summed E-state index contributed by atoms with van der Waals surface area (Å²) in [5.74, 6) is -0.761. The Morgan fingerprint density at radius 2 is 1.28 bits per heavy atom. The summed E-state index contributed by atoms with van der Waals surface area (Å²) < 4.78 is 10.5. The number of rotatable bonds is 3. The zero-order chi connectivity index (χ0) is 19.4. The zero-order valence-electron chi connectivity index (χ0n) is 16.0. The molecule has 8 nitrogen and oxygen atoms in total. The van der Waals surface area contributed by atoms with Gasteiger partial charge in [-0.05, 0) is 60.8 Å². The Labute approximate surface area is 149 Å². The standard InChI is InChI=1S/C17H31N3O5/c1-16(2,3)24-14(22)19-11-8-7-10(13(18)21)9-12(11)20-15(23)25-17(4,5)6/h10-12H,7-9H2,1-6H3,(H2,18,21)(H,19,22)(H,20,23)/t10-,11+,12+/m0/s1. The summed E-state index contributed by atoms with van der Waals surface area (Å²) in [7, 11) is 0. The molecule has 4 N–H and O–H groups in total. The number of hydrogen-bond donors (Lipinski definition) is 3. The normalized spacial score (nSPS) is 24.2. The third-order valence-electron chi connectivity index (χ3n) is 3.66. The minimum absolute atomic E-state index is 0.342. The number of nitrogens with two attached hydrogens (primary N) is 1. The molecule has 0 aromatic heterocycles. The Morgan fingerprint density at radius 1 is 0.840 bits per heavy atom. The number of nitrogens with one attached hydrogen (secondary N) is 2. The molecule has 0 heterocycles. The first-order chi connectivity index (χ1) is 11.3. The molecule has 0 bridgehead atoms. The summed E-state index contributed by atoms with van der Waals surface area (Å²) in [5.41, 5.74) is 4.13. The first kappa shape index (κ1) is 21.1. The van der Waals surface area contributed by atoms with E-state index in [9.17, 15) is 14.4 Å². The third-order valence-corrected chi connectivity index (χ3v) is 3.66. The monoisotopic (exact) mass is 357 g/mol. The Kier molecular flexibility index (Phi) is 6.68. The molecule has 0 aliphatic heterocycles. The Morgan fingerprint density at radius 3 is 1.68 bits per heavy atom. The fourth-order valence-corrected chi connectivity index (χ4v) is 2.68. The van der Waals surface area contributed by atoms with Crippen LogP contribution in [0.5, 0.6) is 0 Å². The molecule has 0 spiro atoms. The second-order valence-corrected chi connectivity index (χ2v) is 8.42. The maximum absolute atomic E-state index is 12.1. The predicted octanol–water partition coefficient (Wildman–Crippen LogP) is 2.06. The van der Waals surface area contributed by atoms with Crippen LogP contribution < -0.4 is 16.4 Å². The molecule has 1 saturated carbocycles. The molecule has 3 amide bonds. The molecule has 0 aromatic carbocycles. The van der Waals surface area contributed by atoms with Crippen LogP contribution >= 0.6 is 0 Å². The van der Waals surface area contributed by atoms with Gasteiger partial charge in [0.2, 0.25) is 5.91 Å². The van der Waals surface area contributed by atoms with Crippen molar-refractivity contribution < 1.29 is 23.9 Å². The molecule has 1 aliphatic carbocycles. The smallest absolute Gasteiger partial charge is 0.407 e. The number of ether oxygens (including phenoxy) is 2. The Hall–Kier alpha value is -1.99. The lowest BCUT2D eigenvalue weighted by Gasteiger charge is -2.36. The molecule has 0 radical (unpaired) electrons. The van der Waals surface area contributed by atoms with E-state index in [1.54, 1.807) is 41.5 Å². The molecule has 8 heteroatoms. The van der Waals surface area contributed by atoms with E-state index < -0.39 is 35.3 Å². The first-order valence-electron chi connectivity index (χ1n) is 8.55. The second-order valence-electron chi connectivity index (χ2n) is 8.42. The highest BCUT2D eigenvalue weighted by Crippen LogP contribution is 2.25. The summed E-state index contributed by atoms with van der Waals surface area (Å²) in [6.07, 6.45) is 0.231. The van der Waals surface area contributed by atoms with Crippen LogP contribution in [-0.4, -0.2) is 41.4 Å². The van der Waals surface area contributed by atoms with Crippen molar-refractivity contribution in [2.24, 2.45) is 11.7 Å². The maximum Gasteiger partial charge on any atom is 0.407 e. The average molecular weight is 357 g/mol. The zero-order valence-corrected chi connectivity index (χ0v) is 16.0. The summed E-state index contributed by atoms with van der Waals surface area (Å²) in [6, 6.07) is -0.827. The number of primary amides is 1. The molecular weight excluding hydrogens is 326 g/mol. The van der Waals surface area contributed by atoms with E-state index in [2.05, 4.69) is 10.6 Å². The molecule has 1 aliphatic rings. The highest BCUT2D eigenvalue weighted by atomic mass is 16.6. The molecule has 144 valence electrons. The van der Waals surface area contributed by atoms with Gasteiger partial charge in [0.25, 0.3) is 0 Å². The van der Waals surface area contributed by atoms with Crippen molar-refractivity contribution >= 4 is 18.1 Å². The maximum atomic E-state index is 12.1. The summed E-state index contributed by atoms with van der Waals surface area (Å²) in [6.45, 7) is 10.6. The number of alkyl carbamates (subject to hydrolysis) is 2. The van der Waals surface area contributed by atoms with E-state index in [0.717, 1.165) is 0 Å². The number of carbonyl (C=O) groups excluding carboxylic acids is 3. The SMILES string of the molecule is CC(C)(C)OC(=O)N[C@@H]1CC[C@H](C(N)=O)C[C@H]1NC(=O)OC(C)(C)C. The van der Waals surface area contributed by atoms with Crippen LogP contribution in [0.15, 0.2) is 0 Å². The lowest BCUT2D eigenvalue weighted by atomic mass is 9.82. The van der Waals surface area contributed by atoms with Crippen molar-refractivity contribution in [3.05, 3.63) is 0 Å². The lowest BCUT2D eigenvalue weighted by Crippen LogP contribution is -2.56. The van der Waals surface area contributed by atoms with Gasteiger partial charge >= 0.3 is 12.2 Å².